The van der Waals surface area contributed by atoms with Gasteiger partial charge >= 0.3 is 0 Å². The molecule has 2 N–H and O–H groups in total. The zero-order valence-corrected chi connectivity index (χ0v) is 18.1. The van der Waals surface area contributed by atoms with Crippen molar-refractivity contribution in [3.63, 3.8) is 0 Å². The number of carbonyl (C=O) groups is 1. The molecule has 2 aromatic carbocycles. The molecule has 6 nitrogen and oxygen atoms in total. The van der Waals surface area contributed by atoms with Gasteiger partial charge in [-0.1, -0.05) is 38.5 Å². The maximum Gasteiger partial charge on any atom is 0.251 e. The third-order valence-corrected chi connectivity index (χ3v) is 6.03. The van der Waals surface area contributed by atoms with E-state index in [9.17, 15) is 13.2 Å². The fourth-order valence-corrected chi connectivity index (χ4v) is 3.86. The molecule has 0 atom stereocenters. The smallest absolute Gasteiger partial charge is 0.251 e. The second kappa shape index (κ2) is 11.0. The Kier molecular flexibility index (Phi) is 8.67. The van der Waals surface area contributed by atoms with E-state index in [4.69, 9.17) is 4.74 Å². The van der Waals surface area contributed by atoms with Crippen LogP contribution < -0.4 is 14.8 Å². The van der Waals surface area contributed by atoms with Crippen molar-refractivity contribution in [1.29, 1.82) is 0 Å². The Morgan fingerprint density at radius 2 is 1.79 bits per heavy atom. The van der Waals surface area contributed by atoms with Gasteiger partial charge in [-0.3, -0.25) is 4.79 Å². The number of benzene rings is 2. The highest BCUT2D eigenvalue weighted by Gasteiger charge is 2.17. The monoisotopic (exact) mass is 418 g/mol. The summed E-state index contributed by atoms with van der Waals surface area (Å²) in [6, 6.07) is 12.4. The molecule has 0 aliphatic heterocycles. The van der Waals surface area contributed by atoms with Crippen molar-refractivity contribution in [2.75, 3.05) is 19.7 Å². The van der Waals surface area contributed by atoms with E-state index in [0.29, 0.717) is 31.7 Å². The van der Waals surface area contributed by atoms with Gasteiger partial charge in [0.15, 0.2) is 0 Å². The standard InChI is InChI=1S/C22H30N2O4S/c1-4-6-15-28-19-10-8-18(9-11-19)13-14-23-22(25)21-16-20(12-7-17(21)3)29(26,27)24-5-2/h7-12,16,24H,4-6,13-15H2,1-3H3,(H,23,25). The van der Waals surface area contributed by atoms with Crippen LogP contribution >= 0.6 is 0 Å². The zero-order valence-electron chi connectivity index (χ0n) is 17.3. The fraction of sp³-hybridized carbons (Fsp3) is 0.409. The first-order chi connectivity index (χ1) is 13.9. The topological polar surface area (TPSA) is 84.5 Å². The molecular weight excluding hydrogens is 388 g/mol. The number of rotatable bonds is 11. The zero-order chi connectivity index (χ0) is 21.3. The molecule has 2 rings (SSSR count). The van der Waals surface area contributed by atoms with Crippen LogP contribution in [0, 0.1) is 6.92 Å². The number of ether oxygens (including phenoxy) is 1. The summed E-state index contributed by atoms with van der Waals surface area (Å²) >= 11 is 0. The van der Waals surface area contributed by atoms with Gasteiger partial charge in [0.05, 0.1) is 11.5 Å². The van der Waals surface area contributed by atoms with E-state index in [-0.39, 0.29) is 10.8 Å². The Labute approximate surface area is 173 Å². The summed E-state index contributed by atoms with van der Waals surface area (Å²) in [5.41, 5.74) is 2.18. The number of hydrogen-bond donors (Lipinski definition) is 2. The SMILES string of the molecule is CCCCOc1ccc(CCNC(=O)c2cc(S(=O)(=O)NCC)ccc2C)cc1. The minimum absolute atomic E-state index is 0.0914. The van der Waals surface area contributed by atoms with Crippen molar-refractivity contribution < 1.29 is 17.9 Å². The number of hydrogen-bond acceptors (Lipinski definition) is 4. The van der Waals surface area contributed by atoms with Gasteiger partial charge in [-0.15, -0.1) is 0 Å². The maximum absolute atomic E-state index is 12.5. The van der Waals surface area contributed by atoms with Crippen molar-refractivity contribution in [1.82, 2.24) is 10.0 Å². The van der Waals surface area contributed by atoms with E-state index in [1.54, 1.807) is 19.9 Å². The minimum Gasteiger partial charge on any atom is -0.494 e. The van der Waals surface area contributed by atoms with Crippen molar-refractivity contribution in [2.24, 2.45) is 0 Å². The molecule has 0 bridgehead atoms. The summed E-state index contributed by atoms with van der Waals surface area (Å²) in [6.45, 7) is 7.09. The molecule has 0 aliphatic carbocycles. The molecule has 0 radical (unpaired) electrons. The number of amides is 1. The summed E-state index contributed by atoms with van der Waals surface area (Å²) < 4.78 is 32.4. The molecule has 0 unspecified atom stereocenters. The van der Waals surface area contributed by atoms with E-state index in [0.717, 1.165) is 29.7 Å². The van der Waals surface area contributed by atoms with Gasteiger partial charge < -0.3 is 10.1 Å². The van der Waals surface area contributed by atoms with Crippen LogP contribution in [0.3, 0.4) is 0 Å². The molecular formula is C22H30N2O4S. The lowest BCUT2D eigenvalue weighted by molar-refractivity contribution is 0.0953. The largest absolute Gasteiger partial charge is 0.494 e. The quantitative estimate of drug-likeness (QED) is 0.548. The highest BCUT2D eigenvalue weighted by molar-refractivity contribution is 7.89. The average molecular weight is 419 g/mol. The predicted octanol–water partition coefficient (Wildman–Crippen LogP) is 3.44. The third-order valence-electron chi connectivity index (χ3n) is 4.49. The van der Waals surface area contributed by atoms with E-state index in [1.165, 1.54) is 12.1 Å². The summed E-state index contributed by atoms with van der Waals surface area (Å²) in [7, 11) is -3.60. The Balaban J connectivity index is 1.94. The Morgan fingerprint density at radius 1 is 1.07 bits per heavy atom. The van der Waals surface area contributed by atoms with E-state index in [1.807, 2.05) is 24.3 Å². The van der Waals surface area contributed by atoms with Crippen LogP contribution in [0.1, 0.15) is 48.2 Å². The van der Waals surface area contributed by atoms with Gasteiger partial charge in [0.2, 0.25) is 10.0 Å². The van der Waals surface area contributed by atoms with Crippen molar-refractivity contribution in [2.45, 2.75) is 44.9 Å². The Hall–Kier alpha value is -2.38. The van der Waals surface area contributed by atoms with Crippen molar-refractivity contribution in [3.05, 3.63) is 59.2 Å². The van der Waals surface area contributed by atoms with E-state index >= 15 is 0 Å². The van der Waals surface area contributed by atoms with E-state index < -0.39 is 10.0 Å². The first-order valence-electron chi connectivity index (χ1n) is 9.97. The lowest BCUT2D eigenvalue weighted by atomic mass is 10.1. The second-order valence-electron chi connectivity index (χ2n) is 6.83. The van der Waals surface area contributed by atoms with Crippen LogP contribution in [0.15, 0.2) is 47.4 Å². The Bertz CT molecular complexity index is 909. The number of carbonyl (C=O) groups excluding carboxylic acids is 1. The summed E-state index contributed by atoms with van der Waals surface area (Å²) in [5.74, 6) is 0.566. The molecule has 0 aliphatic rings. The summed E-state index contributed by atoms with van der Waals surface area (Å²) in [4.78, 5) is 12.6. The average Bonchev–Trinajstić information content (AvgIpc) is 2.69. The molecule has 1 amide bonds. The molecule has 0 saturated carbocycles. The molecule has 2 aromatic rings. The number of sulfonamides is 1. The minimum atomic E-state index is -3.60. The fourth-order valence-electron chi connectivity index (χ4n) is 2.79. The normalized spacial score (nSPS) is 11.3. The third kappa shape index (κ3) is 6.87. The second-order valence-corrected chi connectivity index (χ2v) is 8.60. The summed E-state index contributed by atoms with van der Waals surface area (Å²) in [6.07, 6.45) is 2.81. The molecule has 0 heterocycles. The highest BCUT2D eigenvalue weighted by Crippen LogP contribution is 2.16. The van der Waals surface area contributed by atoms with Crippen LogP contribution in [0.4, 0.5) is 0 Å². The van der Waals surface area contributed by atoms with Gasteiger partial charge in [-0.05, 0) is 55.2 Å². The van der Waals surface area contributed by atoms with Crippen LogP contribution in [0.5, 0.6) is 5.75 Å². The molecule has 0 spiro atoms. The molecule has 29 heavy (non-hydrogen) atoms. The molecule has 0 saturated heterocycles. The molecule has 0 aromatic heterocycles. The van der Waals surface area contributed by atoms with Crippen molar-refractivity contribution >= 4 is 15.9 Å². The van der Waals surface area contributed by atoms with Gasteiger partial charge in [0.25, 0.3) is 5.91 Å². The Morgan fingerprint density at radius 3 is 2.45 bits per heavy atom. The van der Waals surface area contributed by atoms with Crippen molar-refractivity contribution in [3.8, 4) is 5.75 Å². The molecule has 7 heteroatoms. The summed E-state index contributed by atoms with van der Waals surface area (Å²) in [5, 5.41) is 2.87. The number of aryl methyl sites for hydroxylation is 1. The van der Waals surface area contributed by atoms with Crippen LogP contribution in [-0.4, -0.2) is 34.0 Å². The maximum atomic E-state index is 12.5. The van der Waals surface area contributed by atoms with E-state index in [2.05, 4.69) is 17.0 Å². The highest BCUT2D eigenvalue weighted by atomic mass is 32.2. The van der Waals surface area contributed by atoms with Gasteiger partial charge in [0, 0.05) is 18.7 Å². The molecule has 158 valence electrons. The lowest BCUT2D eigenvalue weighted by Crippen LogP contribution is -2.27. The first-order valence-corrected chi connectivity index (χ1v) is 11.5. The molecule has 0 fully saturated rings. The van der Waals surface area contributed by atoms with Crippen LogP contribution in [0.25, 0.3) is 0 Å². The lowest BCUT2D eigenvalue weighted by Gasteiger charge is -2.11. The number of nitrogens with one attached hydrogen (secondary N) is 2. The van der Waals surface area contributed by atoms with Gasteiger partial charge in [0.1, 0.15) is 5.75 Å². The number of unbranched alkanes of at least 4 members (excludes halogenated alkanes) is 1. The first kappa shape index (κ1) is 22.9. The predicted molar refractivity (Wildman–Crippen MR) is 115 cm³/mol. The van der Waals surface area contributed by atoms with Gasteiger partial charge in [-0.2, -0.15) is 0 Å². The van der Waals surface area contributed by atoms with Gasteiger partial charge in [-0.25, -0.2) is 13.1 Å². The van der Waals surface area contributed by atoms with Crippen LogP contribution in [-0.2, 0) is 16.4 Å². The van der Waals surface area contributed by atoms with Crippen LogP contribution in [0.2, 0.25) is 0 Å².